The summed E-state index contributed by atoms with van der Waals surface area (Å²) in [5, 5.41) is 0. The fraction of sp³-hybridized carbons (Fsp3) is 0.368. The molecule has 0 aliphatic rings. The number of likely N-dealkylation sites (N-methyl/N-ethyl adjacent to an activating group) is 1. The smallest absolute Gasteiger partial charge is 0.258 e. The Morgan fingerprint density at radius 2 is 1.84 bits per heavy atom. The van der Waals surface area contributed by atoms with Crippen LogP contribution in [0.4, 0.5) is 0 Å². The summed E-state index contributed by atoms with van der Waals surface area (Å²) in [5.74, 6) is 0.882. The lowest BCUT2D eigenvalue weighted by molar-refractivity contribution is 0.0725. The number of aromatic nitrogens is 1. The monoisotopic (exact) mass is 343 g/mol. The first-order valence-electron chi connectivity index (χ1n) is 8.11. The van der Waals surface area contributed by atoms with Crippen LogP contribution in [0, 0.1) is 0 Å². The molecule has 1 heterocycles. The maximum absolute atomic E-state index is 13.2. The number of nitrogens with zero attached hydrogens (tertiary/aromatic N) is 3. The summed E-state index contributed by atoms with van der Waals surface area (Å²) < 4.78 is 10.7. The van der Waals surface area contributed by atoms with E-state index < -0.39 is 0 Å². The van der Waals surface area contributed by atoms with Gasteiger partial charge in [-0.1, -0.05) is 12.1 Å². The van der Waals surface area contributed by atoms with Gasteiger partial charge >= 0.3 is 0 Å². The zero-order valence-electron chi connectivity index (χ0n) is 15.2. The molecule has 1 aromatic carbocycles. The second-order valence-electron chi connectivity index (χ2n) is 5.89. The zero-order chi connectivity index (χ0) is 18.2. The molecule has 0 saturated carbocycles. The molecule has 0 atom stereocenters. The molecule has 1 aromatic heterocycles. The van der Waals surface area contributed by atoms with E-state index in [0.29, 0.717) is 30.2 Å². The molecule has 6 heteroatoms. The van der Waals surface area contributed by atoms with Gasteiger partial charge in [-0.2, -0.15) is 0 Å². The van der Waals surface area contributed by atoms with Crippen molar-refractivity contribution in [3.05, 3.63) is 53.9 Å². The first-order valence-corrected chi connectivity index (χ1v) is 8.11. The molecule has 25 heavy (non-hydrogen) atoms. The van der Waals surface area contributed by atoms with Crippen molar-refractivity contribution >= 4 is 5.91 Å². The van der Waals surface area contributed by atoms with Gasteiger partial charge in [0.05, 0.1) is 32.0 Å². The fourth-order valence-corrected chi connectivity index (χ4v) is 2.49. The summed E-state index contributed by atoms with van der Waals surface area (Å²) in [6.45, 7) is 1.78. The van der Waals surface area contributed by atoms with Crippen LogP contribution in [-0.4, -0.2) is 62.1 Å². The van der Waals surface area contributed by atoms with Crippen molar-refractivity contribution in [3.63, 3.8) is 0 Å². The lowest BCUT2D eigenvalue weighted by Crippen LogP contribution is -2.36. The molecule has 0 aliphatic carbocycles. The molecule has 0 saturated heterocycles. The van der Waals surface area contributed by atoms with Gasteiger partial charge in [0.1, 0.15) is 0 Å². The molecule has 0 N–H and O–H groups in total. The Balaban J connectivity index is 2.31. The van der Waals surface area contributed by atoms with Crippen LogP contribution in [0.1, 0.15) is 16.1 Å². The standard InChI is InChI=1S/C19H25N3O3/c1-21(2)12-13-22(14-15-8-5-6-11-20-15)19(23)16-9-7-10-17(24-3)18(16)25-4/h5-11H,12-14H2,1-4H3. The lowest BCUT2D eigenvalue weighted by atomic mass is 10.1. The number of carbonyl (C=O) groups excluding carboxylic acids is 1. The molecule has 0 radical (unpaired) electrons. The van der Waals surface area contributed by atoms with Crippen LogP contribution in [0.15, 0.2) is 42.6 Å². The van der Waals surface area contributed by atoms with Crippen LogP contribution in [0.5, 0.6) is 11.5 Å². The maximum Gasteiger partial charge on any atom is 0.258 e. The summed E-state index contributed by atoms with van der Waals surface area (Å²) in [7, 11) is 7.06. The number of ether oxygens (including phenoxy) is 2. The Morgan fingerprint density at radius 3 is 2.44 bits per heavy atom. The predicted octanol–water partition coefficient (Wildman–Crippen LogP) is 2.30. The third-order valence-electron chi connectivity index (χ3n) is 3.82. The van der Waals surface area contributed by atoms with Crippen molar-refractivity contribution in [3.8, 4) is 11.5 Å². The van der Waals surface area contributed by atoms with Crippen LogP contribution >= 0.6 is 0 Å². The van der Waals surface area contributed by atoms with Gasteiger partial charge in [-0.25, -0.2) is 0 Å². The van der Waals surface area contributed by atoms with Gasteiger partial charge in [0.2, 0.25) is 0 Å². The Labute approximate surface area is 149 Å². The first-order chi connectivity index (χ1) is 12.1. The zero-order valence-corrected chi connectivity index (χ0v) is 15.2. The van der Waals surface area contributed by atoms with Crippen LogP contribution in [0.25, 0.3) is 0 Å². The van der Waals surface area contributed by atoms with Crippen molar-refractivity contribution < 1.29 is 14.3 Å². The number of carbonyl (C=O) groups is 1. The highest BCUT2D eigenvalue weighted by molar-refractivity contribution is 5.97. The normalized spacial score (nSPS) is 10.6. The Kier molecular flexibility index (Phi) is 6.77. The van der Waals surface area contributed by atoms with Crippen LogP contribution in [0.3, 0.4) is 0 Å². The average Bonchev–Trinajstić information content (AvgIpc) is 2.64. The van der Waals surface area contributed by atoms with E-state index in [0.717, 1.165) is 12.2 Å². The number of para-hydroxylation sites is 1. The minimum Gasteiger partial charge on any atom is -0.493 e. The second-order valence-corrected chi connectivity index (χ2v) is 5.89. The van der Waals surface area contributed by atoms with E-state index in [1.165, 1.54) is 7.11 Å². The summed E-state index contributed by atoms with van der Waals surface area (Å²) >= 11 is 0. The SMILES string of the molecule is COc1cccc(C(=O)N(CCN(C)C)Cc2ccccn2)c1OC. The first kappa shape index (κ1) is 18.7. The third-order valence-corrected chi connectivity index (χ3v) is 3.82. The number of pyridine rings is 1. The molecule has 0 fully saturated rings. The van der Waals surface area contributed by atoms with E-state index in [2.05, 4.69) is 4.98 Å². The summed E-state index contributed by atoms with van der Waals surface area (Å²) in [6.07, 6.45) is 1.73. The minimum atomic E-state index is -0.108. The summed E-state index contributed by atoms with van der Waals surface area (Å²) in [6, 6.07) is 11.0. The Bertz CT molecular complexity index is 690. The van der Waals surface area contributed by atoms with Crippen molar-refractivity contribution in [1.29, 1.82) is 0 Å². The topological polar surface area (TPSA) is 54.9 Å². The van der Waals surface area contributed by atoms with E-state index >= 15 is 0 Å². The van der Waals surface area contributed by atoms with E-state index in [1.54, 1.807) is 36.4 Å². The van der Waals surface area contributed by atoms with Gasteiger partial charge in [-0.15, -0.1) is 0 Å². The van der Waals surface area contributed by atoms with E-state index in [4.69, 9.17) is 9.47 Å². The van der Waals surface area contributed by atoms with Crippen molar-refractivity contribution in [2.75, 3.05) is 41.4 Å². The molecule has 0 unspecified atom stereocenters. The number of hydrogen-bond acceptors (Lipinski definition) is 5. The molecule has 2 rings (SSSR count). The largest absolute Gasteiger partial charge is 0.493 e. The number of methoxy groups -OCH3 is 2. The maximum atomic E-state index is 13.2. The van der Waals surface area contributed by atoms with Gasteiger partial charge < -0.3 is 19.3 Å². The van der Waals surface area contributed by atoms with Gasteiger partial charge in [0, 0.05) is 19.3 Å². The Hall–Kier alpha value is -2.60. The van der Waals surface area contributed by atoms with Crippen molar-refractivity contribution in [2.45, 2.75) is 6.54 Å². The highest BCUT2D eigenvalue weighted by Gasteiger charge is 2.22. The lowest BCUT2D eigenvalue weighted by Gasteiger charge is -2.25. The number of amides is 1. The van der Waals surface area contributed by atoms with Gasteiger partial charge in [-0.3, -0.25) is 9.78 Å². The molecule has 0 bridgehead atoms. The van der Waals surface area contributed by atoms with Crippen LogP contribution in [-0.2, 0) is 6.54 Å². The average molecular weight is 343 g/mol. The fourth-order valence-electron chi connectivity index (χ4n) is 2.49. The quantitative estimate of drug-likeness (QED) is 0.736. The number of hydrogen-bond donors (Lipinski definition) is 0. The van der Waals surface area contributed by atoms with Gasteiger partial charge in [0.15, 0.2) is 11.5 Å². The summed E-state index contributed by atoms with van der Waals surface area (Å²) in [4.78, 5) is 21.3. The second kappa shape index (κ2) is 9.03. The molecular formula is C19H25N3O3. The van der Waals surface area contributed by atoms with E-state index in [1.807, 2.05) is 37.2 Å². The van der Waals surface area contributed by atoms with Crippen molar-refractivity contribution in [1.82, 2.24) is 14.8 Å². The molecular weight excluding hydrogens is 318 g/mol. The van der Waals surface area contributed by atoms with Crippen LogP contribution < -0.4 is 9.47 Å². The third kappa shape index (κ3) is 4.93. The molecule has 1 amide bonds. The minimum absolute atomic E-state index is 0.108. The molecule has 134 valence electrons. The molecule has 6 nitrogen and oxygen atoms in total. The van der Waals surface area contributed by atoms with Gasteiger partial charge in [0.25, 0.3) is 5.91 Å². The molecule has 0 aliphatic heterocycles. The Morgan fingerprint density at radius 1 is 1.04 bits per heavy atom. The van der Waals surface area contributed by atoms with Crippen LogP contribution in [0.2, 0.25) is 0 Å². The number of rotatable bonds is 8. The molecule has 2 aromatic rings. The van der Waals surface area contributed by atoms with E-state index in [9.17, 15) is 4.79 Å². The predicted molar refractivity (Wildman–Crippen MR) is 97.1 cm³/mol. The van der Waals surface area contributed by atoms with Gasteiger partial charge in [-0.05, 0) is 38.4 Å². The van der Waals surface area contributed by atoms with Crippen molar-refractivity contribution in [2.24, 2.45) is 0 Å². The highest BCUT2D eigenvalue weighted by atomic mass is 16.5. The molecule has 0 spiro atoms. The summed E-state index contributed by atoms with van der Waals surface area (Å²) in [5.41, 5.74) is 1.33. The van der Waals surface area contributed by atoms with E-state index in [-0.39, 0.29) is 5.91 Å². The number of benzene rings is 1. The highest BCUT2D eigenvalue weighted by Crippen LogP contribution is 2.31.